The lowest BCUT2D eigenvalue weighted by atomic mass is 10.0. The van der Waals surface area contributed by atoms with Gasteiger partial charge in [0.1, 0.15) is 0 Å². The van der Waals surface area contributed by atoms with Crippen molar-refractivity contribution in [3.8, 4) is 11.5 Å². The molecule has 0 amide bonds. The first kappa shape index (κ1) is 15.0. The summed E-state index contributed by atoms with van der Waals surface area (Å²) >= 11 is 3.37. The molecule has 1 aromatic rings. The summed E-state index contributed by atoms with van der Waals surface area (Å²) < 4.78 is 10.4. The van der Waals surface area contributed by atoms with E-state index < -0.39 is 4.32 Å². The van der Waals surface area contributed by atoms with Crippen LogP contribution < -0.4 is 9.47 Å². The summed E-state index contributed by atoms with van der Waals surface area (Å²) in [4.78, 5) is 12.1. The highest BCUT2D eigenvalue weighted by atomic mass is 79.9. The van der Waals surface area contributed by atoms with Crippen molar-refractivity contribution in [3.05, 3.63) is 23.8 Å². The number of alkyl halides is 1. The quantitative estimate of drug-likeness (QED) is 0.591. The van der Waals surface area contributed by atoms with Crippen LogP contribution in [0.15, 0.2) is 18.2 Å². The third-order valence-electron chi connectivity index (χ3n) is 2.35. The maximum atomic E-state index is 12.1. The molecule has 100 valence electrons. The van der Waals surface area contributed by atoms with Crippen LogP contribution in [0.1, 0.15) is 38.1 Å². The number of carbonyl (C=O) groups is 1. The summed E-state index contributed by atoms with van der Waals surface area (Å²) in [6.07, 6.45) is 0. The number of Topliss-reactive ketones (excluding diaryl/α,β-unsaturated/α-hetero) is 1. The van der Waals surface area contributed by atoms with Crippen molar-refractivity contribution in [2.24, 2.45) is 0 Å². The van der Waals surface area contributed by atoms with E-state index in [1.54, 1.807) is 18.2 Å². The lowest BCUT2D eigenvalue weighted by Crippen LogP contribution is -2.24. The zero-order valence-electron chi connectivity index (χ0n) is 11.2. The lowest BCUT2D eigenvalue weighted by molar-refractivity contribution is 0.0960. The molecular formula is C14H19BrO3. The summed E-state index contributed by atoms with van der Waals surface area (Å²) in [5, 5.41) is 0. The molecule has 3 nitrogen and oxygen atoms in total. The van der Waals surface area contributed by atoms with Crippen LogP contribution in [0.4, 0.5) is 0 Å². The predicted molar refractivity (Wildman–Crippen MR) is 76.1 cm³/mol. The van der Waals surface area contributed by atoms with Crippen molar-refractivity contribution < 1.29 is 14.3 Å². The number of benzene rings is 1. The molecule has 0 spiro atoms. The molecule has 0 aromatic heterocycles. The largest absolute Gasteiger partial charge is 0.490 e. The number of rotatable bonds is 6. The first-order valence-electron chi connectivity index (χ1n) is 6.03. The molecule has 1 aromatic carbocycles. The maximum absolute atomic E-state index is 12.1. The molecular weight excluding hydrogens is 296 g/mol. The van der Waals surface area contributed by atoms with Crippen LogP contribution in [-0.2, 0) is 0 Å². The Kier molecular flexibility index (Phi) is 5.20. The summed E-state index contributed by atoms with van der Waals surface area (Å²) in [6.45, 7) is 8.57. The van der Waals surface area contributed by atoms with Gasteiger partial charge in [0.25, 0.3) is 0 Å². The van der Waals surface area contributed by atoms with E-state index in [1.165, 1.54) is 0 Å². The van der Waals surface area contributed by atoms with E-state index in [4.69, 9.17) is 9.47 Å². The summed E-state index contributed by atoms with van der Waals surface area (Å²) in [7, 11) is 0. The van der Waals surface area contributed by atoms with Gasteiger partial charge in [-0.2, -0.15) is 0 Å². The van der Waals surface area contributed by atoms with Crippen LogP contribution >= 0.6 is 15.9 Å². The van der Waals surface area contributed by atoms with Crippen LogP contribution in [0.2, 0.25) is 0 Å². The molecule has 0 saturated carbocycles. The van der Waals surface area contributed by atoms with E-state index in [1.807, 2.05) is 27.7 Å². The molecule has 4 heteroatoms. The second-order valence-electron chi connectivity index (χ2n) is 4.33. The molecule has 18 heavy (non-hydrogen) atoms. The first-order chi connectivity index (χ1) is 8.40. The van der Waals surface area contributed by atoms with E-state index in [0.29, 0.717) is 30.3 Å². The Morgan fingerprint density at radius 3 is 2.22 bits per heavy atom. The highest BCUT2D eigenvalue weighted by molar-refractivity contribution is 9.10. The summed E-state index contributed by atoms with van der Waals surface area (Å²) in [5.74, 6) is 1.30. The van der Waals surface area contributed by atoms with Gasteiger partial charge in [-0.1, -0.05) is 15.9 Å². The van der Waals surface area contributed by atoms with Gasteiger partial charge in [0.15, 0.2) is 17.3 Å². The van der Waals surface area contributed by atoms with Crippen LogP contribution in [0.3, 0.4) is 0 Å². The molecule has 0 atom stereocenters. The SMILES string of the molecule is CCOc1ccc(C(=O)C(C)(C)Br)cc1OCC. The van der Waals surface area contributed by atoms with Crippen LogP contribution in [0.5, 0.6) is 11.5 Å². The molecule has 0 radical (unpaired) electrons. The van der Waals surface area contributed by atoms with Crippen molar-refractivity contribution in [2.75, 3.05) is 13.2 Å². The fraction of sp³-hybridized carbons (Fsp3) is 0.500. The Morgan fingerprint density at radius 1 is 1.17 bits per heavy atom. The van der Waals surface area contributed by atoms with Gasteiger partial charge < -0.3 is 9.47 Å². The zero-order chi connectivity index (χ0) is 13.8. The minimum atomic E-state index is -0.580. The zero-order valence-corrected chi connectivity index (χ0v) is 12.8. The van der Waals surface area contributed by atoms with Crippen molar-refractivity contribution >= 4 is 21.7 Å². The van der Waals surface area contributed by atoms with Gasteiger partial charge in [0, 0.05) is 5.56 Å². The smallest absolute Gasteiger partial charge is 0.179 e. The molecule has 0 unspecified atom stereocenters. The van der Waals surface area contributed by atoms with Crippen molar-refractivity contribution in [1.29, 1.82) is 0 Å². The Bertz CT molecular complexity index is 422. The fourth-order valence-electron chi connectivity index (χ4n) is 1.54. The molecule has 0 bridgehead atoms. The Labute approximate surface area is 117 Å². The van der Waals surface area contributed by atoms with Gasteiger partial charge in [-0.05, 0) is 45.9 Å². The highest BCUT2D eigenvalue weighted by Crippen LogP contribution is 2.31. The second-order valence-corrected chi connectivity index (χ2v) is 6.31. The molecule has 0 aliphatic carbocycles. The number of ether oxygens (including phenoxy) is 2. The van der Waals surface area contributed by atoms with E-state index in [-0.39, 0.29) is 5.78 Å². The van der Waals surface area contributed by atoms with Gasteiger partial charge in [0.05, 0.1) is 17.5 Å². The Balaban J connectivity index is 3.10. The topological polar surface area (TPSA) is 35.5 Å². The Hall–Kier alpha value is -1.03. The third kappa shape index (κ3) is 3.73. The number of halogens is 1. The van der Waals surface area contributed by atoms with Gasteiger partial charge in [-0.3, -0.25) is 4.79 Å². The van der Waals surface area contributed by atoms with Gasteiger partial charge in [-0.15, -0.1) is 0 Å². The van der Waals surface area contributed by atoms with E-state index in [9.17, 15) is 4.79 Å². The minimum Gasteiger partial charge on any atom is -0.490 e. The maximum Gasteiger partial charge on any atom is 0.179 e. The van der Waals surface area contributed by atoms with Crippen molar-refractivity contribution in [1.82, 2.24) is 0 Å². The summed E-state index contributed by atoms with van der Waals surface area (Å²) in [5.41, 5.74) is 0.615. The standard InChI is InChI=1S/C14H19BrO3/c1-5-17-11-8-7-10(9-12(11)18-6-2)13(16)14(3,4)15/h7-9H,5-6H2,1-4H3. The van der Waals surface area contributed by atoms with Crippen molar-refractivity contribution in [2.45, 2.75) is 32.0 Å². The molecule has 0 aliphatic rings. The van der Waals surface area contributed by atoms with Crippen LogP contribution in [0, 0.1) is 0 Å². The van der Waals surface area contributed by atoms with Gasteiger partial charge in [-0.25, -0.2) is 0 Å². The monoisotopic (exact) mass is 314 g/mol. The molecule has 0 aliphatic heterocycles. The van der Waals surface area contributed by atoms with E-state index in [2.05, 4.69) is 15.9 Å². The van der Waals surface area contributed by atoms with E-state index in [0.717, 1.165) is 0 Å². The number of ketones is 1. The molecule has 0 heterocycles. The van der Waals surface area contributed by atoms with Gasteiger partial charge in [0.2, 0.25) is 0 Å². The number of hydrogen-bond acceptors (Lipinski definition) is 3. The predicted octanol–water partition coefficient (Wildman–Crippen LogP) is 3.84. The molecule has 1 rings (SSSR count). The van der Waals surface area contributed by atoms with E-state index >= 15 is 0 Å². The molecule has 0 N–H and O–H groups in total. The first-order valence-corrected chi connectivity index (χ1v) is 6.82. The van der Waals surface area contributed by atoms with Gasteiger partial charge >= 0.3 is 0 Å². The highest BCUT2D eigenvalue weighted by Gasteiger charge is 2.25. The Morgan fingerprint density at radius 2 is 1.72 bits per heavy atom. The minimum absolute atomic E-state index is 0.0199. The van der Waals surface area contributed by atoms with Crippen molar-refractivity contribution in [3.63, 3.8) is 0 Å². The fourth-order valence-corrected chi connectivity index (χ4v) is 1.76. The average molecular weight is 315 g/mol. The second kappa shape index (κ2) is 6.23. The lowest BCUT2D eigenvalue weighted by Gasteiger charge is -2.16. The number of carbonyl (C=O) groups excluding carboxylic acids is 1. The normalized spacial score (nSPS) is 11.2. The summed E-state index contributed by atoms with van der Waals surface area (Å²) in [6, 6.07) is 5.28. The molecule has 0 fully saturated rings. The van der Waals surface area contributed by atoms with Crippen LogP contribution in [-0.4, -0.2) is 23.3 Å². The third-order valence-corrected chi connectivity index (χ3v) is 2.71. The molecule has 0 saturated heterocycles. The average Bonchev–Trinajstić information content (AvgIpc) is 2.30. The van der Waals surface area contributed by atoms with Crippen LogP contribution in [0.25, 0.3) is 0 Å². The number of hydrogen-bond donors (Lipinski definition) is 0.